The molecule has 126 valence electrons. The maximum absolute atomic E-state index is 12.5. The number of rotatable bonds is 2. The predicted octanol–water partition coefficient (Wildman–Crippen LogP) is 1.97. The number of carbonyl (C=O) groups is 2. The first-order chi connectivity index (χ1) is 11.6. The lowest BCUT2D eigenvalue weighted by Crippen LogP contribution is -2.57. The highest BCUT2D eigenvalue weighted by Crippen LogP contribution is 2.60. The second-order valence-corrected chi connectivity index (χ2v) is 6.72. The van der Waals surface area contributed by atoms with Crippen molar-refractivity contribution in [1.82, 2.24) is 0 Å². The van der Waals surface area contributed by atoms with Crippen LogP contribution in [-0.4, -0.2) is 26.2 Å². The highest BCUT2D eigenvalue weighted by molar-refractivity contribution is 5.85. The molecule has 4 aliphatic carbocycles. The number of ether oxygens (including phenoxy) is 2. The summed E-state index contributed by atoms with van der Waals surface area (Å²) in [5.41, 5.74) is 2.22. The van der Waals surface area contributed by atoms with Crippen molar-refractivity contribution in [1.29, 1.82) is 10.5 Å². The first kappa shape index (κ1) is 16.5. The number of fused-ring (bicyclic) bond motifs is 2. The molecule has 2 bridgehead atoms. The van der Waals surface area contributed by atoms with E-state index in [9.17, 15) is 20.1 Å². The quantitative estimate of drug-likeness (QED) is 0.567. The average molecular weight is 328 g/mol. The van der Waals surface area contributed by atoms with Gasteiger partial charge in [0.1, 0.15) is 0 Å². The fourth-order valence-corrected chi connectivity index (χ4v) is 5.10. The van der Waals surface area contributed by atoms with Crippen LogP contribution in [0.25, 0.3) is 0 Å². The molecule has 4 rings (SSSR count). The van der Waals surface area contributed by atoms with Crippen LogP contribution >= 0.6 is 0 Å². The molecule has 0 amide bonds. The van der Waals surface area contributed by atoms with Crippen molar-refractivity contribution in [3.05, 3.63) is 11.1 Å². The third-order valence-corrected chi connectivity index (χ3v) is 5.93. The van der Waals surface area contributed by atoms with Gasteiger partial charge < -0.3 is 9.47 Å². The minimum absolute atomic E-state index is 0.420. The normalized spacial score (nSPS) is 37.0. The van der Waals surface area contributed by atoms with Crippen LogP contribution in [0, 0.1) is 58.2 Å². The van der Waals surface area contributed by atoms with Crippen LogP contribution in [0.1, 0.15) is 25.7 Å². The van der Waals surface area contributed by atoms with Crippen molar-refractivity contribution >= 4 is 11.9 Å². The summed E-state index contributed by atoms with van der Waals surface area (Å²) in [6.07, 6.45) is 3.67. The van der Waals surface area contributed by atoms with E-state index in [-0.39, 0.29) is 0 Å². The minimum Gasteiger partial charge on any atom is -0.469 e. The van der Waals surface area contributed by atoms with E-state index in [1.165, 1.54) is 14.2 Å². The number of hydrogen-bond donors (Lipinski definition) is 0. The lowest BCUT2D eigenvalue weighted by atomic mass is 9.47. The Morgan fingerprint density at radius 3 is 1.54 bits per heavy atom. The third kappa shape index (κ3) is 2.13. The molecule has 0 spiro atoms. The second-order valence-electron chi connectivity index (χ2n) is 6.72. The van der Waals surface area contributed by atoms with Crippen LogP contribution < -0.4 is 0 Å². The number of nitrogens with zero attached hydrogens (tertiary/aromatic N) is 2. The van der Waals surface area contributed by atoms with E-state index < -0.39 is 47.4 Å². The molecular weight excluding hydrogens is 308 g/mol. The average Bonchev–Trinajstić information content (AvgIpc) is 2.65. The Bertz CT molecular complexity index is 626. The summed E-state index contributed by atoms with van der Waals surface area (Å²) >= 11 is 0. The predicted molar refractivity (Wildman–Crippen MR) is 81.7 cm³/mol. The summed E-state index contributed by atoms with van der Waals surface area (Å²) in [6, 6.07) is 4.48. The van der Waals surface area contributed by atoms with Gasteiger partial charge in [0.15, 0.2) is 0 Å². The van der Waals surface area contributed by atoms with Gasteiger partial charge in [0.25, 0.3) is 0 Å². The molecule has 1 saturated carbocycles. The lowest BCUT2D eigenvalue weighted by molar-refractivity contribution is -0.168. The van der Waals surface area contributed by atoms with Gasteiger partial charge >= 0.3 is 11.9 Å². The zero-order chi connectivity index (χ0) is 17.4. The van der Waals surface area contributed by atoms with Gasteiger partial charge in [0, 0.05) is 11.8 Å². The Labute approximate surface area is 141 Å². The second kappa shape index (κ2) is 6.28. The van der Waals surface area contributed by atoms with Crippen molar-refractivity contribution in [2.45, 2.75) is 25.7 Å². The van der Waals surface area contributed by atoms with Gasteiger partial charge in [0.05, 0.1) is 50.0 Å². The van der Waals surface area contributed by atoms with Gasteiger partial charge in [-0.15, -0.1) is 0 Å². The molecule has 0 radical (unpaired) electrons. The van der Waals surface area contributed by atoms with E-state index in [0.29, 0.717) is 0 Å². The number of allylic oxidation sites excluding steroid dienone is 2. The van der Waals surface area contributed by atoms with Gasteiger partial charge in [-0.25, -0.2) is 0 Å². The van der Waals surface area contributed by atoms with E-state index in [2.05, 4.69) is 12.1 Å². The molecule has 0 heterocycles. The van der Waals surface area contributed by atoms with Gasteiger partial charge in [-0.1, -0.05) is 11.1 Å². The summed E-state index contributed by atoms with van der Waals surface area (Å²) in [6.45, 7) is 0. The number of methoxy groups -OCH3 is 2. The summed E-state index contributed by atoms with van der Waals surface area (Å²) in [5.74, 6) is -4.46. The Morgan fingerprint density at radius 1 is 0.875 bits per heavy atom. The Kier molecular flexibility index (Phi) is 4.32. The number of carbonyl (C=O) groups excluding carboxylic acids is 2. The number of esters is 2. The van der Waals surface area contributed by atoms with E-state index in [0.717, 1.165) is 36.8 Å². The topological polar surface area (TPSA) is 100 Å². The van der Waals surface area contributed by atoms with Crippen LogP contribution in [0.4, 0.5) is 0 Å². The summed E-state index contributed by atoms with van der Waals surface area (Å²) in [7, 11) is 2.58. The molecule has 0 aromatic carbocycles. The Balaban J connectivity index is 2.21. The van der Waals surface area contributed by atoms with Crippen LogP contribution in [-0.2, 0) is 19.1 Å². The molecule has 0 aliphatic heterocycles. The summed E-state index contributed by atoms with van der Waals surface area (Å²) in [5, 5.41) is 19.3. The van der Waals surface area contributed by atoms with Crippen LogP contribution in [0.5, 0.6) is 0 Å². The minimum atomic E-state index is -0.737. The van der Waals surface area contributed by atoms with Crippen LogP contribution in [0.2, 0.25) is 0 Å². The molecule has 0 unspecified atom stereocenters. The smallest absolute Gasteiger partial charge is 0.310 e. The van der Waals surface area contributed by atoms with Gasteiger partial charge in [0.2, 0.25) is 0 Å². The monoisotopic (exact) mass is 328 g/mol. The molecule has 0 aromatic rings. The zero-order valence-electron chi connectivity index (χ0n) is 13.8. The molecule has 0 saturated heterocycles. The van der Waals surface area contributed by atoms with Gasteiger partial charge in [-0.05, 0) is 25.7 Å². The van der Waals surface area contributed by atoms with Crippen molar-refractivity contribution in [2.75, 3.05) is 14.2 Å². The highest BCUT2D eigenvalue weighted by Gasteiger charge is 2.62. The van der Waals surface area contributed by atoms with Crippen molar-refractivity contribution in [2.24, 2.45) is 35.5 Å². The summed E-state index contributed by atoms with van der Waals surface area (Å²) in [4.78, 5) is 24.9. The molecule has 24 heavy (non-hydrogen) atoms. The zero-order valence-corrected chi connectivity index (χ0v) is 13.8. The first-order valence-corrected chi connectivity index (χ1v) is 8.27. The van der Waals surface area contributed by atoms with E-state index in [1.807, 2.05) is 0 Å². The first-order valence-electron chi connectivity index (χ1n) is 8.27. The molecule has 6 atom stereocenters. The largest absolute Gasteiger partial charge is 0.469 e. The Hall–Kier alpha value is -2.34. The fourth-order valence-electron chi connectivity index (χ4n) is 5.10. The maximum Gasteiger partial charge on any atom is 0.310 e. The standard InChI is InChI=1S/C18H20N2O4/c1-23-17(21)15-13-9-5-3-4-6-10(9)14(16(15)18(22)24-2)12(8-20)11(13)7-19/h11-16H,3-6H2,1-2H3/t11-,12-,13-,14+,15-,16+/m0/s1. The van der Waals surface area contributed by atoms with Gasteiger partial charge in [-0.2, -0.15) is 10.5 Å². The van der Waals surface area contributed by atoms with Crippen molar-refractivity contribution in [3.8, 4) is 12.1 Å². The van der Waals surface area contributed by atoms with E-state index in [4.69, 9.17) is 9.47 Å². The highest BCUT2D eigenvalue weighted by atomic mass is 16.5. The molecule has 6 nitrogen and oxygen atoms in total. The van der Waals surface area contributed by atoms with Crippen LogP contribution in [0.15, 0.2) is 11.1 Å². The lowest BCUT2D eigenvalue weighted by Gasteiger charge is -2.53. The van der Waals surface area contributed by atoms with Crippen molar-refractivity contribution in [3.63, 3.8) is 0 Å². The number of nitriles is 2. The van der Waals surface area contributed by atoms with E-state index >= 15 is 0 Å². The SMILES string of the molecule is COC(=O)[C@@H]1[C@H](C(=O)OC)[C@@H]2C3=C(CCCC3)[C@H]1[C@@H](C#N)[C@@H]2C#N. The molecule has 6 heteroatoms. The molecular formula is C18H20N2O4. The van der Waals surface area contributed by atoms with E-state index in [1.54, 1.807) is 0 Å². The molecule has 1 fully saturated rings. The van der Waals surface area contributed by atoms with Gasteiger partial charge in [-0.3, -0.25) is 9.59 Å². The molecule has 0 aromatic heterocycles. The third-order valence-electron chi connectivity index (χ3n) is 5.93. The fraction of sp³-hybridized carbons (Fsp3) is 0.667. The van der Waals surface area contributed by atoms with Crippen molar-refractivity contribution < 1.29 is 19.1 Å². The Morgan fingerprint density at radius 2 is 1.25 bits per heavy atom. The van der Waals surface area contributed by atoms with Crippen LogP contribution in [0.3, 0.4) is 0 Å². The number of hydrogen-bond acceptors (Lipinski definition) is 6. The maximum atomic E-state index is 12.5. The molecule has 4 aliphatic rings. The summed E-state index contributed by atoms with van der Waals surface area (Å²) < 4.78 is 9.89. The molecule has 0 N–H and O–H groups in total.